The van der Waals surface area contributed by atoms with Gasteiger partial charge in [-0.25, -0.2) is 5.43 Å². The highest BCUT2D eigenvalue weighted by atomic mass is 32.1. The molecule has 2 heterocycles. The number of aromatic nitrogens is 1. The highest BCUT2D eigenvalue weighted by Gasteiger charge is 2.04. The Kier molecular flexibility index (Phi) is 4.36. The Morgan fingerprint density at radius 2 is 2.00 bits per heavy atom. The van der Waals surface area contributed by atoms with Gasteiger partial charge in [0.2, 0.25) is 0 Å². The van der Waals surface area contributed by atoms with Crippen LogP contribution in [0.4, 0.5) is 0 Å². The molecule has 0 bridgehead atoms. The van der Waals surface area contributed by atoms with Gasteiger partial charge in [0.1, 0.15) is 0 Å². The number of nitrogens with one attached hydrogen (secondary N) is 1. The molecule has 1 N–H and O–H groups in total. The fourth-order valence-electron chi connectivity index (χ4n) is 1.92. The van der Waals surface area contributed by atoms with E-state index in [0.29, 0.717) is 4.88 Å². The van der Waals surface area contributed by atoms with Crippen molar-refractivity contribution in [3.8, 4) is 11.3 Å². The molecular formula is C17H13N3OS. The van der Waals surface area contributed by atoms with Crippen molar-refractivity contribution >= 4 is 23.5 Å². The lowest BCUT2D eigenvalue weighted by Gasteiger charge is -2.01. The van der Waals surface area contributed by atoms with E-state index in [0.717, 1.165) is 16.8 Å². The summed E-state index contributed by atoms with van der Waals surface area (Å²) < 4.78 is 0. The molecule has 4 nitrogen and oxygen atoms in total. The van der Waals surface area contributed by atoms with Crippen molar-refractivity contribution in [3.63, 3.8) is 0 Å². The van der Waals surface area contributed by atoms with Gasteiger partial charge in [0, 0.05) is 11.8 Å². The summed E-state index contributed by atoms with van der Waals surface area (Å²) in [5, 5.41) is 5.84. The summed E-state index contributed by atoms with van der Waals surface area (Å²) in [7, 11) is 0. The first-order valence-corrected chi connectivity index (χ1v) is 7.59. The number of benzene rings is 1. The SMILES string of the molecule is O=C(N/N=C/c1ccnc(-c2ccccc2)c1)c1cccs1. The average Bonchev–Trinajstić information content (AvgIpc) is 3.10. The molecule has 3 rings (SSSR count). The van der Waals surface area contributed by atoms with E-state index in [1.165, 1.54) is 11.3 Å². The minimum atomic E-state index is -0.205. The van der Waals surface area contributed by atoms with E-state index in [4.69, 9.17) is 0 Å². The molecule has 0 aliphatic rings. The zero-order valence-electron chi connectivity index (χ0n) is 11.6. The van der Waals surface area contributed by atoms with E-state index in [2.05, 4.69) is 15.5 Å². The van der Waals surface area contributed by atoms with Crippen molar-refractivity contribution in [1.82, 2.24) is 10.4 Å². The Balaban J connectivity index is 1.71. The van der Waals surface area contributed by atoms with Crippen molar-refractivity contribution < 1.29 is 4.79 Å². The summed E-state index contributed by atoms with van der Waals surface area (Å²) in [4.78, 5) is 16.7. The predicted molar refractivity (Wildman–Crippen MR) is 89.1 cm³/mol. The van der Waals surface area contributed by atoms with E-state index < -0.39 is 0 Å². The van der Waals surface area contributed by atoms with Crippen molar-refractivity contribution in [3.05, 3.63) is 76.6 Å². The molecule has 5 heteroatoms. The third-order valence-corrected chi connectivity index (χ3v) is 3.85. The third kappa shape index (κ3) is 3.45. The van der Waals surface area contributed by atoms with E-state index in [-0.39, 0.29) is 5.91 Å². The number of hydrogen-bond acceptors (Lipinski definition) is 4. The molecule has 0 saturated carbocycles. The highest BCUT2D eigenvalue weighted by molar-refractivity contribution is 7.12. The van der Waals surface area contributed by atoms with Gasteiger partial charge >= 0.3 is 0 Å². The maximum atomic E-state index is 11.8. The van der Waals surface area contributed by atoms with Crippen LogP contribution in [0.25, 0.3) is 11.3 Å². The Morgan fingerprint density at radius 3 is 2.77 bits per heavy atom. The summed E-state index contributed by atoms with van der Waals surface area (Å²) >= 11 is 1.38. The average molecular weight is 307 g/mol. The van der Waals surface area contributed by atoms with Crippen molar-refractivity contribution in [2.24, 2.45) is 5.10 Å². The maximum absolute atomic E-state index is 11.8. The van der Waals surface area contributed by atoms with Crippen molar-refractivity contribution in [1.29, 1.82) is 0 Å². The van der Waals surface area contributed by atoms with Crippen LogP contribution in [0.3, 0.4) is 0 Å². The molecule has 0 unspecified atom stereocenters. The number of hydrogen-bond donors (Lipinski definition) is 1. The Morgan fingerprint density at radius 1 is 1.14 bits per heavy atom. The first-order valence-electron chi connectivity index (χ1n) is 6.71. The lowest BCUT2D eigenvalue weighted by Crippen LogP contribution is -2.16. The Bertz CT molecular complexity index is 783. The van der Waals surface area contributed by atoms with Gasteiger partial charge in [-0.1, -0.05) is 36.4 Å². The summed E-state index contributed by atoms with van der Waals surface area (Å²) in [6.45, 7) is 0. The molecule has 3 aromatic rings. The first kappa shape index (κ1) is 14.2. The summed E-state index contributed by atoms with van der Waals surface area (Å²) in [5.41, 5.74) is 5.30. The largest absolute Gasteiger partial charge is 0.281 e. The number of carbonyl (C=O) groups is 1. The van der Waals surface area contributed by atoms with Crippen LogP contribution in [-0.4, -0.2) is 17.1 Å². The zero-order valence-corrected chi connectivity index (χ0v) is 12.5. The second-order valence-corrected chi connectivity index (χ2v) is 5.46. The van der Waals surface area contributed by atoms with Gasteiger partial charge in [-0.15, -0.1) is 11.3 Å². The first-order chi connectivity index (χ1) is 10.8. The fraction of sp³-hybridized carbons (Fsp3) is 0. The van der Waals surface area contributed by atoms with Crippen LogP contribution in [0, 0.1) is 0 Å². The standard InChI is InChI=1S/C17H13N3OS/c21-17(16-7-4-10-22-16)20-19-12-13-8-9-18-15(11-13)14-5-2-1-3-6-14/h1-12H,(H,20,21)/b19-12+. The molecule has 1 aromatic carbocycles. The maximum Gasteiger partial charge on any atom is 0.281 e. The van der Waals surface area contributed by atoms with Gasteiger partial charge in [0.05, 0.1) is 16.8 Å². The van der Waals surface area contributed by atoms with Crippen molar-refractivity contribution in [2.45, 2.75) is 0 Å². The third-order valence-electron chi connectivity index (χ3n) is 2.98. The number of rotatable bonds is 4. The Hall–Kier alpha value is -2.79. The van der Waals surface area contributed by atoms with E-state index in [9.17, 15) is 4.79 Å². The molecule has 22 heavy (non-hydrogen) atoms. The molecule has 0 aliphatic heterocycles. The topological polar surface area (TPSA) is 54.4 Å². The van der Waals surface area contributed by atoms with Gasteiger partial charge in [0.15, 0.2) is 0 Å². The minimum absolute atomic E-state index is 0.205. The molecule has 0 spiro atoms. The molecule has 0 aliphatic carbocycles. The summed E-state index contributed by atoms with van der Waals surface area (Å²) in [5.74, 6) is -0.205. The number of amides is 1. The summed E-state index contributed by atoms with van der Waals surface area (Å²) in [6, 6.07) is 17.3. The fourth-order valence-corrected chi connectivity index (χ4v) is 2.54. The minimum Gasteiger partial charge on any atom is -0.266 e. The number of thiophene rings is 1. The van der Waals surface area contributed by atoms with Crippen LogP contribution in [0.5, 0.6) is 0 Å². The van der Waals surface area contributed by atoms with Crippen LogP contribution in [0.2, 0.25) is 0 Å². The van der Waals surface area contributed by atoms with E-state index in [1.807, 2.05) is 53.9 Å². The predicted octanol–water partition coefficient (Wildman–Crippen LogP) is 3.57. The Labute approximate surface area is 132 Å². The molecule has 0 saturated heterocycles. The second kappa shape index (κ2) is 6.78. The number of hydrazone groups is 1. The molecular weight excluding hydrogens is 294 g/mol. The van der Waals surface area contributed by atoms with Gasteiger partial charge in [-0.05, 0) is 29.1 Å². The van der Waals surface area contributed by atoms with Gasteiger partial charge < -0.3 is 0 Å². The molecule has 0 atom stereocenters. The molecule has 0 radical (unpaired) electrons. The van der Waals surface area contributed by atoms with Crippen LogP contribution in [-0.2, 0) is 0 Å². The van der Waals surface area contributed by atoms with Crippen molar-refractivity contribution in [2.75, 3.05) is 0 Å². The molecule has 0 fully saturated rings. The van der Waals surface area contributed by atoms with Gasteiger partial charge in [-0.2, -0.15) is 5.10 Å². The monoisotopic (exact) mass is 307 g/mol. The highest BCUT2D eigenvalue weighted by Crippen LogP contribution is 2.16. The van der Waals surface area contributed by atoms with Gasteiger partial charge in [0.25, 0.3) is 5.91 Å². The number of carbonyl (C=O) groups excluding carboxylic acids is 1. The zero-order chi connectivity index (χ0) is 15.2. The smallest absolute Gasteiger partial charge is 0.266 e. The van der Waals surface area contributed by atoms with Crippen LogP contribution < -0.4 is 5.43 Å². The normalized spacial score (nSPS) is 10.7. The number of pyridine rings is 1. The lowest BCUT2D eigenvalue weighted by atomic mass is 10.1. The van der Waals surface area contributed by atoms with E-state index in [1.54, 1.807) is 18.5 Å². The van der Waals surface area contributed by atoms with Crippen LogP contribution in [0.1, 0.15) is 15.2 Å². The van der Waals surface area contributed by atoms with Crippen LogP contribution >= 0.6 is 11.3 Å². The van der Waals surface area contributed by atoms with E-state index >= 15 is 0 Å². The number of nitrogens with zero attached hydrogens (tertiary/aromatic N) is 2. The van der Waals surface area contributed by atoms with Crippen LogP contribution in [0.15, 0.2) is 71.3 Å². The second-order valence-electron chi connectivity index (χ2n) is 4.52. The summed E-state index contributed by atoms with van der Waals surface area (Å²) in [6.07, 6.45) is 3.34. The lowest BCUT2D eigenvalue weighted by molar-refractivity contribution is 0.0959. The molecule has 1 amide bonds. The quantitative estimate of drug-likeness (QED) is 0.592. The van der Waals surface area contributed by atoms with Gasteiger partial charge in [-0.3, -0.25) is 9.78 Å². The molecule has 2 aromatic heterocycles. The molecule has 108 valence electrons.